The summed E-state index contributed by atoms with van der Waals surface area (Å²) in [6.45, 7) is 2.38. The molecule has 0 bridgehead atoms. The molecule has 5 nitrogen and oxygen atoms in total. The van der Waals surface area contributed by atoms with Crippen molar-refractivity contribution in [2.45, 2.75) is 51.2 Å². The maximum absolute atomic E-state index is 11.9. The summed E-state index contributed by atoms with van der Waals surface area (Å²) >= 11 is 0. The van der Waals surface area contributed by atoms with Gasteiger partial charge in [0.25, 0.3) is 0 Å². The number of imidazole rings is 1. The van der Waals surface area contributed by atoms with Crippen molar-refractivity contribution >= 4 is 16.9 Å². The second-order valence-electron chi connectivity index (χ2n) is 6.04. The number of para-hydroxylation sites is 1. The summed E-state index contributed by atoms with van der Waals surface area (Å²) in [5.41, 5.74) is 2.24. The van der Waals surface area contributed by atoms with Gasteiger partial charge in [-0.1, -0.05) is 25.0 Å². The Labute approximate surface area is 123 Å². The van der Waals surface area contributed by atoms with Gasteiger partial charge < -0.3 is 15.4 Å². The summed E-state index contributed by atoms with van der Waals surface area (Å²) in [7, 11) is 0. The van der Waals surface area contributed by atoms with E-state index in [4.69, 9.17) is 0 Å². The molecule has 1 amide bonds. The lowest BCUT2D eigenvalue weighted by atomic mass is 9.98. The number of hydrogen-bond acceptors (Lipinski definition) is 3. The molecule has 0 unspecified atom stereocenters. The zero-order valence-corrected chi connectivity index (χ0v) is 12.3. The first kappa shape index (κ1) is 14.1. The van der Waals surface area contributed by atoms with Crippen LogP contribution in [0, 0.1) is 6.92 Å². The summed E-state index contributed by atoms with van der Waals surface area (Å²) in [4.78, 5) is 19.7. The topological polar surface area (TPSA) is 78.0 Å². The minimum Gasteiger partial charge on any atom is -0.389 e. The number of benzene rings is 1. The Balaban J connectivity index is 1.61. The number of carbonyl (C=O) groups is 1. The molecule has 5 heteroatoms. The van der Waals surface area contributed by atoms with Crippen LogP contribution in [0.2, 0.25) is 0 Å². The van der Waals surface area contributed by atoms with Crippen molar-refractivity contribution in [3.05, 3.63) is 29.6 Å². The number of carbonyl (C=O) groups excluding carboxylic acids is 1. The second-order valence-corrected chi connectivity index (χ2v) is 6.04. The molecule has 3 N–H and O–H groups in total. The van der Waals surface area contributed by atoms with Crippen molar-refractivity contribution in [1.82, 2.24) is 15.3 Å². The molecule has 1 aliphatic rings. The Morgan fingerprint density at radius 3 is 2.90 bits per heavy atom. The van der Waals surface area contributed by atoms with Gasteiger partial charge in [-0.2, -0.15) is 0 Å². The molecule has 1 aromatic heterocycles. The summed E-state index contributed by atoms with van der Waals surface area (Å²) in [5.74, 6) is 0.627. The van der Waals surface area contributed by atoms with Crippen LogP contribution in [0.4, 0.5) is 0 Å². The molecule has 1 saturated carbocycles. The van der Waals surface area contributed by atoms with Crippen molar-refractivity contribution in [3.63, 3.8) is 0 Å². The highest BCUT2D eigenvalue weighted by molar-refractivity contribution is 5.79. The van der Waals surface area contributed by atoms with E-state index >= 15 is 0 Å². The molecular formula is C16H21N3O2. The minimum atomic E-state index is -0.797. The molecule has 3 rings (SSSR count). The average molecular weight is 287 g/mol. The number of nitrogens with zero attached hydrogens (tertiary/aromatic N) is 1. The normalized spacial score (nSPS) is 17.2. The SMILES string of the molecule is Cc1cccc2[nH]c(CNC(=O)CC3(O)CCCC3)nc12. The minimum absolute atomic E-state index is 0.114. The Bertz CT molecular complexity index is 657. The molecule has 2 aromatic rings. The Kier molecular flexibility index (Phi) is 3.68. The van der Waals surface area contributed by atoms with Crippen LogP contribution in [0.25, 0.3) is 11.0 Å². The van der Waals surface area contributed by atoms with E-state index in [-0.39, 0.29) is 12.3 Å². The first-order chi connectivity index (χ1) is 10.1. The van der Waals surface area contributed by atoms with Crippen LogP contribution >= 0.6 is 0 Å². The maximum Gasteiger partial charge on any atom is 0.223 e. The third-order valence-corrected chi connectivity index (χ3v) is 4.24. The number of H-pyrrole nitrogens is 1. The van der Waals surface area contributed by atoms with Gasteiger partial charge >= 0.3 is 0 Å². The second kappa shape index (κ2) is 5.48. The number of aryl methyl sites for hydroxylation is 1. The zero-order chi connectivity index (χ0) is 14.9. The zero-order valence-electron chi connectivity index (χ0n) is 12.3. The molecule has 0 atom stereocenters. The lowest BCUT2D eigenvalue weighted by Crippen LogP contribution is -2.34. The van der Waals surface area contributed by atoms with Gasteiger partial charge in [-0.15, -0.1) is 0 Å². The number of amides is 1. The van der Waals surface area contributed by atoms with E-state index in [1.807, 2.05) is 25.1 Å². The molecule has 1 heterocycles. The van der Waals surface area contributed by atoms with Crippen LogP contribution in [0.5, 0.6) is 0 Å². The van der Waals surface area contributed by atoms with Crippen molar-refractivity contribution in [2.24, 2.45) is 0 Å². The molecule has 1 fully saturated rings. The van der Waals surface area contributed by atoms with E-state index in [1.165, 1.54) is 0 Å². The first-order valence-corrected chi connectivity index (χ1v) is 7.49. The van der Waals surface area contributed by atoms with Gasteiger partial charge in [-0.3, -0.25) is 4.79 Å². The summed E-state index contributed by atoms with van der Waals surface area (Å²) in [6, 6.07) is 5.97. The third kappa shape index (κ3) is 3.08. The van der Waals surface area contributed by atoms with Gasteiger partial charge in [-0.25, -0.2) is 4.98 Å². The first-order valence-electron chi connectivity index (χ1n) is 7.49. The van der Waals surface area contributed by atoms with Gasteiger partial charge in [0.2, 0.25) is 5.91 Å². The van der Waals surface area contributed by atoms with E-state index in [1.54, 1.807) is 0 Å². The van der Waals surface area contributed by atoms with Crippen molar-refractivity contribution < 1.29 is 9.90 Å². The fraction of sp³-hybridized carbons (Fsp3) is 0.500. The highest BCUT2D eigenvalue weighted by Crippen LogP contribution is 2.32. The summed E-state index contributed by atoms with van der Waals surface area (Å²) in [5, 5.41) is 13.1. The number of aromatic amines is 1. The van der Waals surface area contributed by atoms with Gasteiger partial charge in [0.15, 0.2) is 0 Å². The van der Waals surface area contributed by atoms with Gasteiger partial charge in [0.1, 0.15) is 5.82 Å². The standard InChI is InChI=1S/C16H21N3O2/c1-11-5-4-6-12-15(11)19-13(18-12)10-17-14(20)9-16(21)7-2-3-8-16/h4-6,21H,2-3,7-10H2,1H3,(H,17,20)(H,18,19). The van der Waals surface area contributed by atoms with Crippen LogP contribution in [-0.4, -0.2) is 26.6 Å². The van der Waals surface area contributed by atoms with E-state index in [0.29, 0.717) is 6.54 Å². The van der Waals surface area contributed by atoms with Crippen molar-refractivity contribution in [2.75, 3.05) is 0 Å². The largest absolute Gasteiger partial charge is 0.389 e. The Morgan fingerprint density at radius 1 is 1.43 bits per heavy atom. The molecular weight excluding hydrogens is 266 g/mol. The van der Waals surface area contributed by atoms with Crippen LogP contribution in [0.3, 0.4) is 0 Å². The number of hydrogen-bond donors (Lipinski definition) is 3. The quantitative estimate of drug-likeness (QED) is 0.806. The highest BCUT2D eigenvalue weighted by atomic mass is 16.3. The molecule has 0 aliphatic heterocycles. The Hall–Kier alpha value is -1.88. The highest BCUT2D eigenvalue weighted by Gasteiger charge is 2.33. The van der Waals surface area contributed by atoms with E-state index in [0.717, 1.165) is 48.1 Å². The maximum atomic E-state index is 11.9. The number of aliphatic hydroxyl groups is 1. The average Bonchev–Trinajstić information content (AvgIpc) is 3.03. The van der Waals surface area contributed by atoms with Crippen molar-refractivity contribution in [1.29, 1.82) is 0 Å². The van der Waals surface area contributed by atoms with Crippen LogP contribution in [-0.2, 0) is 11.3 Å². The van der Waals surface area contributed by atoms with E-state index in [9.17, 15) is 9.90 Å². The Morgan fingerprint density at radius 2 is 2.19 bits per heavy atom. The molecule has 21 heavy (non-hydrogen) atoms. The lowest BCUT2D eigenvalue weighted by Gasteiger charge is -2.20. The van der Waals surface area contributed by atoms with Crippen molar-refractivity contribution in [3.8, 4) is 0 Å². The predicted molar refractivity (Wildman–Crippen MR) is 80.7 cm³/mol. The number of aromatic nitrogens is 2. The predicted octanol–water partition coefficient (Wildman–Crippen LogP) is 2.18. The fourth-order valence-electron chi connectivity index (χ4n) is 3.06. The monoisotopic (exact) mass is 287 g/mol. The third-order valence-electron chi connectivity index (χ3n) is 4.24. The van der Waals surface area contributed by atoms with E-state index in [2.05, 4.69) is 15.3 Å². The van der Waals surface area contributed by atoms with Crippen LogP contribution in [0.15, 0.2) is 18.2 Å². The molecule has 0 radical (unpaired) electrons. The smallest absolute Gasteiger partial charge is 0.223 e. The van der Waals surface area contributed by atoms with Gasteiger partial charge in [0.05, 0.1) is 29.6 Å². The molecule has 112 valence electrons. The van der Waals surface area contributed by atoms with E-state index < -0.39 is 5.60 Å². The molecule has 1 aliphatic carbocycles. The fourth-order valence-corrected chi connectivity index (χ4v) is 3.06. The molecule has 0 saturated heterocycles. The van der Waals surface area contributed by atoms with Gasteiger partial charge in [-0.05, 0) is 31.4 Å². The number of rotatable bonds is 4. The lowest BCUT2D eigenvalue weighted by molar-refractivity contribution is -0.126. The molecule has 1 aromatic carbocycles. The van der Waals surface area contributed by atoms with Crippen LogP contribution in [0.1, 0.15) is 43.5 Å². The number of nitrogens with one attached hydrogen (secondary N) is 2. The summed E-state index contributed by atoms with van der Waals surface area (Å²) < 4.78 is 0. The van der Waals surface area contributed by atoms with Crippen LogP contribution < -0.4 is 5.32 Å². The summed E-state index contributed by atoms with van der Waals surface area (Å²) in [6.07, 6.45) is 3.65. The molecule has 0 spiro atoms. The number of fused-ring (bicyclic) bond motifs is 1. The van der Waals surface area contributed by atoms with Gasteiger partial charge in [0, 0.05) is 0 Å².